The van der Waals surface area contributed by atoms with Crippen molar-refractivity contribution in [1.29, 1.82) is 0 Å². The number of aromatic nitrogens is 1. The van der Waals surface area contributed by atoms with Crippen molar-refractivity contribution in [3.8, 4) is 0 Å². The van der Waals surface area contributed by atoms with Gasteiger partial charge >= 0.3 is 12.0 Å². The van der Waals surface area contributed by atoms with E-state index in [1.165, 1.54) is 14.0 Å². The van der Waals surface area contributed by atoms with Gasteiger partial charge in [0.15, 0.2) is 0 Å². The van der Waals surface area contributed by atoms with Gasteiger partial charge in [0.2, 0.25) is 0 Å². The van der Waals surface area contributed by atoms with Crippen LogP contribution in [-0.4, -0.2) is 49.4 Å². The van der Waals surface area contributed by atoms with Crippen molar-refractivity contribution in [1.82, 2.24) is 15.6 Å². The van der Waals surface area contributed by atoms with Gasteiger partial charge < -0.3 is 20.1 Å². The summed E-state index contributed by atoms with van der Waals surface area (Å²) in [5.74, 6) is -0.403. The van der Waals surface area contributed by atoms with E-state index in [1.54, 1.807) is 13.1 Å². The van der Waals surface area contributed by atoms with Crippen LogP contribution >= 0.6 is 0 Å². The number of ether oxygens (including phenoxy) is 2. The molecular weight excluding hydrogens is 286 g/mol. The van der Waals surface area contributed by atoms with Gasteiger partial charge in [-0.3, -0.25) is 9.78 Å². The molecule has 1 rings (SSSR count). The minimum atomic E-state index is -0.782. The number of rotatable bonds is 8. The molecule has 0 aliphatic heterocycles. The lowest BCUT2D eigenvalue weighted by atomic mass is 10.1. The molecule has 1 heterocycles. The molecule has 1 atom stereocenters. The zero-order valence-corrected chi connectivity index (χ0v) is 13.2. The molecule has 0 aliphatic carbocycles. The van der Waals surface area contributed by atoms with Crippen LogP contribution in [0, 0.1) is 0 Å². The summed E-state index contributed by atoms with van der Waals surface area (Å²) >= 11 is 0. The number of amides is 2. The van der Waals surface area contributed by atoms with Gasteiger partial charge in [-0.15, -0.1) is 0 Å². The fourth-order valence-corrected chi connectivity index (χ4v) is 1.86. The first-order valence-electron chi connectivity index (χ1n) is 7.03. The summed E-state index contributed by atoms with van der Waals surface area (Å²) in [6.07, 6.45) is 2.35. The van der Waals surface area contributed by atoms with E-state index in [9.17, 15) is 9.59 Å². The Morgan fingerprint density at radius 1 is 1.32 bits per heavy atom. The van der Waals surface area contributed by atoms with Gasteiger partial charge in [0.1, 0.15) is 6.61 Å². The topological polar surface area (TPSA) is 89.5 Å². The third kappa shape index (κ3) is 7.03. The van der Waals surface area contributed by atoms with Gasteiger partial charge in [0, 0.05) is 38.9 Å². The quantitative estimate of drug-likeness (QED) is 0.696. The molecule has 0 saturated heterocycles. The van der Waals surface area contributed by atoms with E-state index >= 15 is 0 Å². The van der Waals surface area contributed by atoms with Crippen LogP contribution in [0.25, 0.3) is 0 Å². The lowest BCUT2D eigenvalue weighted by molar-refractivity contribution is -0.143. The molecule has 0 spiro atoms. The predicted octanol–water partition coefficient (Wildman–Crippen LogP) is 0.892. The van der Waals surface area contributed by atoms with Crippen LogP contribution in [0.4, 0.5) is 4.79 Å². The molecule has 0 bridgehead atoms. The minimum Gasteiger partial charge on any atom is -0.463 e. The van der Waals surface area contributed by atoms with E-state index < -0.39 is 11.5 Å². The van der Waals surface area contributed by atoms with E-state index in [1.807, 2.05) is 18.2 Å². The van der Waals surface area contributed by atoms with Gasteiger partial charge in [0.05, 0.1) is 12.1 Å². The highest BCUT2D eigenvalue weighted by Crippen LogP contribution is 2.05. The van der Waals surface area contributed by atoms with Gasteiger partial charge in [0.25, 0.3) is 0 Å². The smallest absolute Gasteiger partial charge is 0.315 e. The van der Waals surface area contributed by atoms with Crippen molar-refractivity contribution in [3.63, 3.8) is 0 Å². The number of nitrogens with one attached hydrogen (secondary N) is 2. The van der Waals surface area contributed by atoms with Crippen LogP contribution in [0.5, 0.6) is 0 Å². The summed E-state index contributed by atoms with van der Waals surface area (Å²) in [6.45, 7) is 3.80. The maximum absolute atomic E-state index is 11.9. The van der Waals surface area contributed by atoms with Crippen molar-refractivity contribution in [3.05, 3.63) is 30.1 Å². The summed E-state index contributed by atoms with van der Waals surface area (Å²) < 4.78 is 10.0. The summed E-state index contributed by atoms with van der Waals surface area (Å²) in [7, 11) is 1.52. The van der Waals surface area contributed by atoms with Crippen LogP contribution in [0.2, 0.25) is 0 Å². The third-order valence-electron chi connectivity index (χ3n) is 2.87. The molecule has 0 aromatic carbocycles. The average Bonchev–Trinajstić information content (AvgIpc) is 2.46. The van der Waals surface area contributed by atoms with E-state index in [0.717, 1.165) is 5.69 Å². The third-order valence-corrected chi connectivity index (χ3v) is 2.87. The Balaban J connectivity index is 2.40. The standard InChI is InChI=1S/C15H23N3O4/c1-12(19)22-11-15(2,10-21-3)18-14(20)17-9-7-13-6-4-5-8-16-13/h4-6,8H,7,9-11H2,1-3H3,(H2,17,18,20). The van der Waals surface area contributed by atoms with Gasteiger partial charge in [-0.2, -0.15) is 0 Å². The van der Waals surface area contributed by atoms with Crippen LogP contribution in [0.1, 0.15) is 19.5 Å². The highest BCUT2D eigenvalue weighted by Gasteiger charge is 2.28. The number of carbonyl (C=O) groups is 2. The number of hydrogen-bond donors (Lipinski definition) is 2. The van der Waals surface area contributed by atoms with Crippen molar-refractivity contribution in [2.45, 2.75) is 25.8 Å². The molecule has 7 nitrogen and oxygen atoms in total. The molecule has 0 saturated carbocycles. The lowest BCUT2D eigenvalue weighted by Crippen LogP contribution is -2.56. The minimum absolute atomic E-state index is 0.0455. The first kappa shape index (κ1) is 17.9. The molecular formula is C15H23N3O4. The first-order valence-corrected chi connectivity index (χ1v) is 7.03. The molecule has 0 radical (unpaired) electrons. The molecule has 22 heavy (non-hydrogen) atoms. The van der Waals surface area contributed by atoms with Crippen molar-refractivity contribution >= 4 is 12.0 Å². The van der Waals surface area contributed by atoms with Crippen molar-refractivity contribution in [2.24, 2.45) is 0 Å². The zero-order valence-electron chi connectivity index (χ0n) is 13.2. The van der Waals surface area contributed by atoms with Crippen LogP contribution in [-0.2, 0) is 20.7 Å². The number of esters is 1. The molecule has 1 unspecified atom stereocenters. The molecule has 0 aliphatic rings. The first-order chi connectivity index (χ1) is 10.4. The summed E-state index contributed by atoms with van der Waals surface area (Å²) in [4.78, 5) is 27.0. The molecule has 0 fully saturated rings. The second-order valence-corrected chi connectivity index (χ2v) is 5.23. The maximum Gasteiger partial charge on any atom is 0.315 e. The maximum atomic E-state index is 11.9. The summed E-state index contributed by atoms with van der Waals surface area (Å²) in [5, 5.41) is 5.51. The Morgan fingerprint density at radius 2 is 2.09 bits per heavy atom. The Hall–Kier alpha value is -2.15. The number of methoxy groups -OCH3 is 1. The molecule has 2 N–H and O–H groups in total. The molecule has 1 aromatic heterocycles. The zero-order chi connectivity index (χ0) is 16.4. The molecule has 122 valence electrons. The fourth-order valence-electron chi connectivity index (χ4n) is 1.86. The van der Waals surface area contributed by atoms with Gasteiger partial charge in [-0.05, 0) is 19.1 Å². The SMILES string of the molecule is COCC(C)(COC(C)=O)NC(=O)NCCc1ccccn1. The van der Waals surface area contributed by atoms with E-state index in [4.69, 9.17) is 9.47 Å². The Morgan fingerprint density at radius 3 is 2.68 bits per heavy atom. The van der Waals surface area contributed by atoms with E-state index in [-0.39, 0.29) is 19.2 Å². The average molecular weight is 309 g/mol. The normalized spacial score (nSPS) is 13.0. The van der Waals surface area contributed by atoms with Gasteiger partial charge in [-0.25, -0.2) is 4.79 Å². The number of urea groups is 1. The molecule has 7 heteroatoms. The molecule has 2 amide bonds. The fraction of sp³-hybridized carbons (Fsp3) is 0.533. The Bertz CT molecular complexity index is 481. The van der Waals surface area contributed by atoms with Crippen molar-refractivity contribution in [2.75, 3.05) is 26.9 Å². The van der Waals surface area contributed by atoms with Gasteiger partial charge in [-0.1, -0.05) is 6.07 Å². The van der Waals surface area contributed by atoms with Crippen LogP contribution < -0.4 is 10.6 Å². The number of carbonyl (C=O) groups excluding carboxylic acids is 2. The van der Waals surface area contributed by atoms with Crippen molar-refractivity contribution < 1.29 is 19.1 Å². The number of hydrogen-bond acceptors (Lipinski definition) is 5. The van der Waals surface area contributed by atoms with E-state index in [2.05, 4.69) is 15.6 Å². The van der Waals surface area contributed by atoms with Crippen LogP contribution in [0.15, 0.2) is 24.4 Å². The Kier molecular flexibility index (Phi) is 7.31. The second-order valence-electron chi connectivity index (χ2n) is 5.23. The monoisotopic (exact) mass is 309 g/mol. The summed E-state index contributed by atoms with van der Waals surface area (Å²) in [6, 6.07) is 5.30. The highest BCUT2D eigenvalue weighted by atomic mass is 16.5. The second kappa shape index (κ2) is 8.99. The highest BCUT2D eigenvalue weighted by molar-refractivity contribution is 5.75. The Labute approximate surface area is 130 Å². The molecule has 1 aromatic rings. The number of nitrogens with zero attached hydrogens (tertiary/aromatic N) is 1. The number of pyridine rings is 1. The summed E-state index contributed by atoms with van der Waals surface area (Å²) in [5.41, 5.74) is 0.123. The lowest BCUT2D eigenvalue weighted by Gasteiger charge is -2.29. The van der Waals surface area contributed by atoms with Crippen LogP contribution in [0.3, 0.4) is 0 Å². The van der Waals surface area contributed by atoms with E-state index in [0.29, 0.717) is 13.0 Å². The largest absolute Gasteiger partial charge is 0.463 e. The predicted molar refractivity (Wildman–Crippen MR) is 81.4 cm³/mol.